The number of amides is 1. The molecule has 1 aromatic heterocycles. The average Bonchev–Trinajstić information content (AvgIpc) is 2.73. The van der Waals surface area contributed by atoms with Crippen molar-refractivity contribution in [2.45, 2.75) is 19.4 Å². The fourth-order valence-electron chi connectivity index (χ4n) is 3.00. The maximum absolute atomic E-state index is 12.7. The van der Waals surface area contributed by atoms with Crippen LogP contribution in [0.1, 0.15) is 22.3 Å². The number of aromatic amines is 1. The molecule has 0 saturated carbocycles. The Bertz CT molecular complexity index is 1150. The van der Waals surface area contributed by atoms with E-state index in [4.69, 9.17) is 12.2 Å². The van der Waals surface area contributed by atoms with E-state index in [0.29, 0.717) is 23.0 Å². The van der Waals surface area contributed by atoms with Crippen LogP contribution in [0.3, 0.4) is 0 Å². The number of ether oxygens (including phenoxy) is 1. The van der Waals surface area contributed by atoms with Gasteiger partial charge in [0.2, 0.25) is 5.91 Å². The first-order valence-electron chi connectivity index (χ1n) is 9.15. The standard InChI is InChI=1S/C21H21N3O4S/c1-28-20(27)15-7-8-16-17(13-15)23-21(29)24(19(16)26)12-10-18(25)22-11-9-14-5-3-2-4-6-14/h2-8,13H,9-12H2,1H3,(H,22,25)(H,23,29). The van der Waals surface area contributed by atoms with Crippen LogP contribution in [0.5, 0.6) is 0 Å². The van der Waals surface area contributed by atoms with Crippen LogP contribution in [-0.2, 0) is 22.5 Å². The molecule has 2 aromatic carbocycles. The van der Waals surface area contributed by atoms with Crippen LogP contribution in [0.15, 0.2) is 53.3 Å². The fraction of sp³-hybridized carbons (Fsp3) is 0.238. The van der Waals surface area contributed by atoms with E-state index in [2.05, 4.69) is 15.0 Å². The van der Waals surface area contributed by atoms with E-state index in [1.54, 1.807) is 6.07 Å². The molecular weight excluding hydrogens is 390 g/mol. The smallest absolute Gasteiger partial charge is 0.337 e. The highest BCUT2D eigenvalue weighted by molar-refractivity contribution is 7.71. The van der Waals surface area contributed by atoms with Crippen LogP contribution in [0.25, 0.3) is 10.9 Å². The van der Waals surface area contributed by atoms with Crippen molar-refractivity contribution in [1.29, 1.82) is 0 Å². The van der Waals surface area contributed by atoms with Crippen molar-refractivity contribution >= 4 is 35.0 Å². The Morgan fingerprint density at radius 2 is 1.93 bits per heavy atom. The van der Waals surface area contributed by atoms with Crippen molar-refractivity contribution < 1.29 is 14.3 Å². The van der Waals surface area contributed by atoms with E-state index < -0.39 is 5.97 Å². The van der Waals surface area contributed by atoms with Crippen molar-refractivity contribution in [3.05, 3.63) is 74.8 Å². The lowest BCUT2D eigenvalue weighted by atomic mass is 10.1. The summed E-state index contributed by atoms with van der Waals surface area (Å²) in [6, 6.07) is 14.5. The Labute approximate surface area is 172 Å². The number of esters is 1. The van der Waals surface area contributed by atoms with Gasteiger partial charge in [-0.15, -0.1) is 0 Å². The van der Waals surface area contributed by atoms with Crippen molar-refractivity contribution in [1.82, 2.24) is 14.9 Å². The summed E-state index contributed by atoms with van der Waals surface area (Å²) in [6.07, 6.45) is 0.878. The molecule has 0 aliphatic carbocycles. The van der Waals surface area contributed by atoms with Crippen LogP contribution < -0.4 is 10.9 Å². The van der Waals surface area contributed by atoms with Crippen molar-refractivity contribution in [2.75, 3.05) is 13.7 Å². The summed E-state index contributed by atoms with van der Waals surface area (Å²) in [5, 5.41) is 3.24. The van der Waals surface area contributed by atoms with Gasteiger partial charge in [-0.3, -0.25) is 14.2 Å². The minimum Gasteiger partial charge on any atom is -0.465 e. The van der Waals surface area contributed by atoms with Gasteiger partial charge in [-0.25, -0.2) is 4.79 Å². The molecule has 29 heavy (non-hydrogen) atoms. The highest BCUT2D eigenvalue weighted by Gasteiger charge is 2.11. The van der Waals surface area contributed by atoms with Crippen LogP contribution in [0.2, 0.25) is 0 Å². The van der Waals surface area contributed by atoms with Gasteiger partial charge < -0.3 is 15.0 Å². The molecule has 0 aliphatic heterocycles. The summed E-state index contributed by atoms with van der Waals surface area (Å²) in [6.45, 7) is 0.693. The van der Waals surface area contributed by atoms with Gasteiger partial charge in [-0.1, -0.05) is 30.3 Å². The highest BCUT2D eigenvalue weighted by Crippen LogP contribution is 2.12. The molecule has 1 amide bonds. The number of carbonyl (C=O) groups excluding carboxylic acids is 2. The predicted molar refractivity (Wildman–Crippen MR) is 113 cm³/mol. The lowest BCUT2D eigenvalue weighted by molar-refractivity contribution is -0.121. The number of methoxy groups -OCH3 is 1. The summed E-state index contributed by atoms with van der Waals surface area (Å²) >= 11 is 5.27. The first-order chi connectivity index (χ1) is 14.0. The molecule has 3 aromatic rings. The zero-order valence-corrected chi connectivity index (χ0v) is 16.8. The highest BCUT2D eigenvalue weighted by atomic mass is 32.1. The van der Waals surface area contributed by atoms with Gasteiger partial charge in [0, 0.05) is 19.5 Å². The van der Waals surface area contributed by atoms with Crippen LogP contribution >= 0.6 is 12.2 Å². The molecule has 8 heteroatoms. The van der Waals surface area contributed by atoms with Gasteiger partial charge >= 0.3 is 5.97 Å². The van der Waals surface area contributed by atoms with Crippen molar-refractivity contribution in [2.24, 2.45) is 0 Å². The van der Waals surface area contributed by atoms with Crippen LogP contribution in [-0.4, -0.2) is 35.1 Å². The third-order valence-electron chi connectivity index (χ3n) is 4.54. The number of nitrogens with one attached hydrogen (secondary N) is 2. The van der Waals surface area contributed by atoms with Crippen LogP contribution in [0, 0.1) is 4.77 Å². The normalized spacial score (nSPS) is 10.7. The monoisotopic (exact) mass is 411 g/mol. The molecule has 0 atom stereocenters. The lowest BCUT2D eigenvalue weighted by Gasteiger charge is -2.09. The van der Waals surface area contributed by atoms with E-state index in [9.17, 15) is 14.4 Å². The van der Waals surface area contributed by atoms with Gasteiger partial charge in [0.25, 0.3) is 5.56 Å². The second-order valence-corrected chi connectivity index (χ2v) is 6.86. The zero-order chi connectivity index (χ0) is 20.8. The van der Waals surface area contributed by atoms with E-state index in [0.717, 1.165) is 12.0 Å². The topological polar surface area (TPSA) is 93.2 Å². The molecule has 2 N–H and O–H groups in total. The molecule has 0 spiro atoms. The fourth-order valence-corrected chi connectivity index (χ4v) is 3.28. The number of H-pyrrole nitrogens is 1. The predicted octanol–water partition coefficient (Wildman–Crippen LogP) is 2.59. The van der Waals surface area contributed by atoms with E-state index in [-0.39, 0.29) is 29.2 Å². The SMILES string of the molecule is COC(=O)c1ccc2c(=O)n(CCC(=O)NCCc3ccccc3)c(=S)[nH]c2c1. The van der Waals surface area contributed by atoms with Crippen molar-refractivity contribution in [3.8, 4) is 0 Å². The number of fused-ring (bicyclic) bond motifs is 1. The second kappa shape index (κ2) is 9.29. The first-order valence-corrected chi connectivity index (χ1v) is 9.56. The number of hydrogen-bond donors (Lipinski definition) is 2. The second-order valence-electron chi connectivity index (χ2n) is 6.47. The average molecular weight is 411 g/mol. The zero-order valence-electron chi connectivity index (χ0n) is 15.9. The molecule has 3 rings (SSSR count). The number of benzene rings is 2. The third kappa shape index (κ3) is 4.97. The molecule has 0 bridgehead atoms. The van der Waals surface area contributed by atoms with Gasteiger partial charge in [-0.2, -0.15) is 0 Å². The van der Waals surface area contributed by atoms with Crippen LogP contribution in [0.4, 0.5) is 0 Å². The van der Waals surface area contributed by atoms with Gasteiger partial charge in [0.15, 0.2) is 4.77 Å². The Balaban J connectivity index is 1.66. The van der Waals surface area contributed by atoms with Gasteiger partial charge in [-0.05, 0) is 42.4 Å². The summed E-state index contributed by atoms with van der Waals surface area (Å²) in [7, 11) is 1.29. The third-order valence-corrected chi connectivity index (χ3v) is 4.87. The summed E-state index contributed by atoms with van der Waals surface area (Å²) < 4.78 is 6.24. The molecule has 150 valence electrons. The summed E-state index contributed by atoms with van der Waals surface area (Å²) in [5.74, 6) is -0.647. The lowest BCUT2D eigenvalue weighted by Crippen LogP contribution is -2.29. The molecule has 7 nitrogen and oxygen atoms in total. The molecule has 0 aliphatic rings. The summed E-state index contributed by atoms with van der Waals surface area (Å²) in [4.78, 5) is 39.5. The van der Waals surface area contributed by atoms with E-state index >= 15 is 0 Å². The summed E-state index contributed by atoms with van der Waals surface area (Å²) in [5.41, 5.74) is 1.61. The van der Waals surface area contributed by atoms with Gasteiger partial charge in [0.1, 0.15) is 0 Å². The Morgan fingerprint density at radius 1 is 1.17 bits per heavy atom. The Morgan fingerprint density at radius 3 is 2.66 bits per heavy atom. The molecule has 0 fully saturated rings. The van der Waals surface area contributed by atoms with Crippen molar-refractivity contribution in [3.63, 3.8) is 0 Å². The Hall–Kier alpha value is -3.26. The number of nitrogens with zero attached hydrogens (tertiary/aromatic N) is 1. The van der Waals surface area contributed by atoms with Gasteiger partial charge in [0.05, 0.1) is 23.6 Å². The largest absolute Gasteiger partial charge is 0.465 e. The maximum atomic E-state index is 12.7. The molecular formula is C21H21N3O4S. The Kier molecular flexibility index (Phi) is 6.56. The quantitative estimate of drug-likeness (QED) is 0.460. The number of hydrogen-bond acceptors (Lipinski definition) is 5. The van der Waals surface area contributed by atoms with E-state index in [1.165, 1.54) is 23.8 Å². The van der Waals surface area contributed by atoms with E-state index in [1.807, 2.05) is 30.3 Å². The molecule has 0 radical (unpaired) electrons. The first kappa shape index (κ1) is 20.5. The number of rotatable bonds is 7. The minimum atomic E-state index is -0.498. The molecule has 1 heterocycles. The molecule has 0 saturated heterocycles. The molecule has 0 unspecified atom stereocenters. The number of aromatic nitrogens is 2. The number of carbonyl (C=O) groups is 2. The maximum Gasteiger partial charge on any atom is 0.337 e. The minimum absolute atomic E-state index is 0.137.